The Bertz CT molecular complexity index is 1280. The monoisotopic (exact) mass is 422 g/mol. The van der Waals surface area contributed by atoms with Crippen molar-refractivity contribution >= 4 is 34.5 Å². The van der Waals surface area contributed by atoms with Crippen LogP contribution in [-0.2, 0) is 4.79 Å². The van der Waals surface area contributed by atoms with Gasteiger partial charge in [0.05, 0.1) is 12.1 Å². The van der Waals surface area contributed by atoms with E-state index in [1.807, 2.05) is 12.1 Å². The highest BCUT2D eigenvalue weighted by Crippen LogP contribution is 2.34. The van der Waals surface area contributed by atoms with Crippen LogP contribution in [0.15, 0.2) is 72.9 Å². The molecular formula is C23H16ClFN2O3. The van der Waals surface area contributed by atoms with E-state index in [2.05, 4.69) is 5.32 Å². The maximum absolute atomic E-state index is 13.4. The molecular weight excluding hydrogens is 407 g/mol. The van der Waals surface area contributed by atoms with Crippen LogP contribution in [0.1, 0.15) is 10.5 Å². The van der Waals surface area contributed by atoms with E-state index in [1.165, 1.54) is 25.3 Å². The molecule has 30 heavy (non-hydrogen) atoms. The van der Waals surface area contributed by atoms with E-state index in [0.717, 1.165) is 11.6 Å². The van der Waals surface area contributed by atoms with E-state index in [1.54, 1.807) is 40.9 Å². The summed E-state index contributed by atoms with van der Waals surface area (Å²) in [7, 11) is 1.51. The van der Waals surface area contributed by atoms with Crippen molar-refractivity contribution in [1.82, 2.24) is 4.40 Å². The van der Waals surface area contributed by atoms with Crippen molar-refractivity contribution < 1.29 is 18.7 Å². The predicted molar refractivity (Wildman–Crippen MR) is 114 cm³/mol. The highest BCUT2D eigenvalue weighted by molar-refractivity contribution is 6.47. The summed E-state index contributed by atoms with van der Waals surface area (Å²) >= 11 is 6.26. The standard InChI is InChI=1S/C23H16ClFN2O3/c1-30-20-9-8-14(11-19(20)24)18-13-17-7-2-3-10-27(17)21(18)22(28)23(29)26-16-6-4-5-15(25)12-16/h2-13H,1H3,(H,26,29). The van der Waals surface area contributed by atoms with Gasteiger partial charge in [0, 0.05) is 23.0 Å². The Hall–Kier alpha value is -3.64. The van der Waals surface area contributed by atoms with E-state index < -0.39 is 17.5 Å². The van der Waals surface area contributed by atoms with Gasteiger partial charge in [-0.1, -0.05) is 29.8 Å². The van der Waals surface area contributed by atoms with Crippen molar-refractivity contribution in [3.8, 4) is 16.9 Å². The van der Waals surface area contributed by atoms with Crippen molar-refractivity contribution in [2.45, 2.75) is 0 Å². The number of benzene rings is 2. The maximum atomic E-state index is 13.4. The molecule has 0 bridgehead atoms. The summed E-state index contributed by atoms with van der Waals surface area (Å²) in [6.07, 6.45) is 1.70. The topological polar surface area (TPSA) is 59.8 Å². The van der Waals surface area contributed by atoms with Gasteiger partial charge in [0.2, 0.25) is 0 Å². The summed E-state index contributed by atoms with van der Waals surface area (Å²) in [4.78, 5) is 25.8. The molecule has 0 aliphatic carbocycles. The second-order valence-electron chi connectivity index (χ2n) is 6.55. The number of fused-ring (bicyclic) bond motifs is 1. The molecule has 4 aromatic rings. The van der Waals surface area contributed by atoms with Crippen LogP contribution in [0.4, 0.5) is 10.1 Å². The van der Waals surface area contributed by atoms with Gasteiger partial charge in [0.25, 0.3) is 11.7 Å². The summed E-state index contributed by atoms with van der Waals surface area (Å²) in [6, 6.07) is 17.7. The molecule has 1 N–H and O–H groups in total. The Morgan fingerprint density at radius 3 is 2.60 bits per heavy atom. The molecule has 0 spiro atoms. The van der Waals surface area contributed by atoms with E-state index in [-0.39, 0.29) is 11.4 Å². The highest BCUT2D eigenvalue weighted by Gasteiger charge is 2.25. The number of aromatic nitrogens is 1. The minimum atomic E-state index is -0.870. The Morgan fingerprint density at radius 2 is 1.87 bits per heavy atom. The van der Waals surface area contributed by atoms with Gasteiger partial charge in [0.1, 0.15) is 17.3 Å². The Balaban J connectivity index is 1.79. The van der Waals surface area contributed by atoms with Gasteiger partial charge in [-0.05, 0) is 54.1 Å². The maximum Gasteiger partial charge on any atom is 0.298 e. The van der Waals surface area contributed by atoms with Crippen molar-refractivity contribution in [2.24, 2.45) is 0 Å². The molecule has 4 rings (SSSR count). The van der Waals surface area contributed by atoms with E-state index in [9.17, 15) is 14.0 Å². The number of ketones is 1. The lowest BCUT2D eigenvalue weighted by Crippen LogP contribution is -2.24. The van der Waals surface area contributed by atoms with Crippen LogP contribution >= 0.6 is 11.6 Å². The van der Waals surface area contributed by atoms with Crippen LogP contribution < -0.4 is 10.1 Å². The molecule has 0 atom stereocenters. The molecule has 2 aromatic heterocycles. The van der Waals surface area contributed by atoms with Crippen LogP contribution in [0, 0.1) is 5.82 Å². The number of ether oxygens (including phenoxy) is 1. The molecule has 0 aliphatic rings. The first-order valence-electron chi connectivity index (χ1n) is 9.03. The largest absolute Gasteiger partial charge is 0.495 e. The van der Waals surface area contributed by atoms with Crippen molar-refractivity contribution in [3.63, 3.8) is 0 Å². The number of carbonyl (C=O) groups excluding carboxylic acids is 2. The quantitative estimate of drug-likeness (QED) is 0.354. The minimum absolute atomic E-state index is 0.181. The number of carbonyl (C=O) groups is 2. The fraction of sp³-hybridized carbons (Fsp3) is 0.0435. The summed E-state index contributed by atoms with van der Waals surface area (Å²) in [6.45, 7) is 0. The predicted octanol–water partition coefficient (Wildman–Crippen LogP) is 5.23. The average molecular weight is 423 g/mol. The lowest BCUT2D eigenvalue weighted by Gasteiger charge is -2.09. The molecule has 7 heteroatoms. The molecule has 0 fully saturated rings. The normalized spacial score (nSPS) is 10.8. The lowest BCUT2D eigenvalue weighted by atomic mass is 10.0. The van der Waals surface area contributed by atoms with E-state index >= 15 is 0 Å². The fourth-order valence-corrected chi connectivity index (χ4v) is 3.53. The zero-order valence-electron chi connectivity index (χ0n) is 15.9. The number of pyridine rings is 1. The summed E-state index contributed by atoms with van der Waals surface area (Å²) in [5.74, 6) is -1.64. The fourth-order valence-electron chi connectivity index (χ4n) is 3.27. The van der Waals surface area contributed by atoms with Crippen LogP contribution in [0.2, 0.25) is 5.02 Å². The van der Waals surface area contributed by atoms with Crippen LogP contribution in [0.5, 0.6) is 5.75 Å². The summed E-state index contributed by atoms with van der Waals surface area (Å²) in [5.41, 5.74) is 2.32. The Kier molecular flexibility index (Phi) is 5.25. The molecule has 2 heterocycles. The molecule has 0 unspecified atom stereocenters. The number of nitrogens with zero attached hydrogens (tertiary/aromatic N) is 1. The third kappa shape index (κ3) is 3.65. The average Bonchev–Trinajstić information content (AvgIpc) is 3.12. The third-order valence-corrected chi connectivity index (χ3v) is 4.94. The highest BCUT2D eigenvalue weighted by atomic mass is 35.5. The van der Waals surface area contributed by atoms with Crippen molar-refractivity contribution in [1.29, 1.82) is 0 Å². The van der Waals surface area contributed by atoms with E-state index in [4.69, 9.17) is 16.3 Å². The molecule has 0 aliphatic heterocycles. The van der Waals surface area contributed by atoms with Gasteiger partial charge in [-0.3, -0.25) is 9.59 Å². The van der Waals surface area contributed by atoms with Gasteiger partial charge >= 0.3 is 0 Å². The van der Waals surface area contributed by atoms with Gasteiger partial charge in [-0.2, -0.15) is 0 Å². The van der Waals surface area contributed by atoms with Crippen molar-refractivity contribution in [2.75, 3.05) is 12.4 Å². The smallest absolute Gasteiger partial charge is 0.298 e. The Morgan fingerprint density at radius 1 is 1.03 bits per heavy atom. The number of hydrogen-bond donors (Lipinski definition) is 1. The first-order valence-corrected chi connectivity index (χ1v) is 9.41. The van der Waals surface area contributed by atoms with Gasteiger partial charge in [0.15, 0.2) is 0 Å². The van der Waals surface area contributed by atoms with E-state index in [0.29, 0.717) is 21.9 Å². The molecule has 150 valence electrons. The molecule has 5 nitrogen and oxygen atoms in total. The number of nitrogens with one attached hydrogen (secondary N) is 1. The number of amides is 1. The minimum Gasteiger partial charge on any atom is -0.495 e. The zero-order chi connectivity index (χ0) is 21.3. The molecule has 0 saturated carbocycles. The lowest BCUT2D eigenvalue weighted by molar-refractivity contribution is -0.112. The van der Waals surface area contributed by atoms with Gasteiger partial charge < -0.3 is 14.5 Å². The number of methoxy groups -OCH3 is 1. The van der Waals surface area contributed by atoms with Gasteiger partial charge in [-0.25, -0.2) is 4.39 Å². The number of rotatable bonds is 5. The second kappa shape index (κ2) is 8.00. The number of halogens is 2. The molecule has 0 radical (unpaired) electrons. The second-order valence-corrected chi connectivity index (χ2v) is 6.95. The molecule has 0 saturated heterocycles. The summed E-state index contributed by atoms with van der Waals surface area (Å²) in [5, 5.41) is 2.84. The van der Waals surface area contributed by atoms with Crippen LogP contribution in [0.25, 0.3) is 16.6 Å². The third-order valence-electron chi connectivity index (χ3n) is 4.65. The SMILES string of the molecule is COc1ccc(-c2cc3ccccn3c2C(=O)C(=O)Nc2cccc(F)c2)cc1Cl. The summed E-state index contributed by atoms with van der Waals surface area (Å²) < 4.78 is 20.3. The van der Waals surface area contributed by atoms with Crippen molar-refractivity contribution in [3.05, 3.63) is 89.5 Å². The molecule has 1 amide bonds. The zero-order valence-corrected chi connectivity index (χ0v) is 16.6. The van der Waals surface area contributed by atoms with Crippen LogP contribution in [0.3, 0.4) is 0 Å². The Labute approximate surface area is 176 Å². The number of anilines is 1. The molecule has 2 aromatic carbocycles. The number of hydrogen-bond acceptors (Lipinski definition) is 3. The first kappa shape index (κ1) is 19.7. The number of Topliss-reactive ketones (excluding diaryl/α,β-unsaturated/α-hetero) is 1. The first-order chi connectivity index (χ1) is 14.5. The van der Waals surface area contributed by atoms with Gasteiger partial charge in [-0.15, -0.1) is 0 Å². The van der Waals surface area contributed by atoms with Crippen LogP contribution in [-0.4, -0.2) is 23.2 Å².